The van der Waals surface area contributed by atoms with Crippen molar-refractivity contribution in [3.05, 3.63) is 17.0 Å². The SMILES string of the molecule is NC(=O)c1nc(Cl)cnc1N. The minimum atomic E-state index is -0.738. The first-order valence-corrected chi connectivity index (χ1v) is 3.07. The lowest BCUT2D eigenvalue weighted by molar-refractivity contribution is 0.0996. The van der Waals surface area contributed by atoms with Crippen LogP contribution < -0.4 is 11.5 Å². The van der Waals surface area contributed by atoms with Gasteiger partial charge in [0.25, 0.3) is 5.91 Å². The number of hydrogen-bond donors (Lipinski definition) is 2. The van der Waals surface area contributed by atoms with Crippen molar-refractivity contribution in [3.8, 4) is 0 Å². The summed E-state index contributed by atoms with van der Waals surface area (Å²) in [7, 11) is 0. The Bertz CT molecular complexity index is 301. The van der Waals surface area contributed by atoms with Crippen LogP contribution in [0.2, 0.25) is 5.15 Å². The zero-order chi connectivity index (χ0) is 8.43. The van der Waals surface area contributed by atoms with Gasteiger partial charge in [0, 0.05) is 0 Å². The molecule has 0 saturated heterocycles. The molecule has 1 aromatic rings. The van der Waals surface area contributed by atoms with Crippen molar-refractivity contribution in [2.45, 2.75) is 0 Å². The quantitative estimate of drug-likeness (QED) is 0.614. The third kappa shape index (κ3) is 1.56. The van der Waals surface area contributed by atoms with E-state index >= 15 is 0 Å². The van der Waals surface area contributed by atoms with Gasteiger partial charge in [-0.2, -0.15) is 0 Å². The Kier molecular flexibility index (Phi) is 1.91. The molecule has 1 aromatic heterocycles. The van der Waals surface area contributed by atoms with Crippen LogP contribution in [0.15, 0.2) is 6.20 Å². The number of amides is 1. The third-order valence-corrected chi connectivity index (χ3v) is 1.19. The Hall–Kier alpha value is -1.36. The van der Waals surface area contributed by atoms with Gasteiger partial charge < -0.3 is 11.5 Å². The summed E-state index contributed by atoms with van der Waals surface area (Å²) >= 11 is 5.42. The number of nitrogen functional groups attached to an aromatic ring is 1. The number of nitrogens with zero attached hydrogens (tertiary/aromatic N) is 2. The monoisotopic (exact) mass is 172 g/mol. The fourth-order valence-electron chi connectivity index (χ4n) is 0.558. The second-order valence-corrected chi connectivity index (χ2v) is 2.18. The van der Waals surface area contributed by atoms with Gasteiger partial charge >= 0.3 is 0 Å². The minimum absolute atomic E-state index is 0.0121. The summed E-state index contributed by atoms with van der Waals surface area (Å²) in [6, 6.07) is 0. The first kappa shape index (κ1) is 7.74. The summed E-state index contributed by atoms with van der Waals surface area (Å²) in [4.78, 5) is 17.7. The molecule has 1 rings (SSSR count). The summed E-state index contributed by atoms with van der Waals surface area (Å²) in [5.74, 6) is -0.751. The van der Waals surface area contributed by atoms with Gasteiger partial charge in [0.15, 0.2) is 11.5 Å². The lowest BCUT2D eigenvalue weighted by Gasteiger charge is -1.97. The minimum Gasteiger partial charge on any atom is -0.382 e. The molecule has 0 bridgehead atoms. The zero-order valence-corrected chi connectivity index (χ0v) is 6.17. The number of rotatable bonds is 1. The number of hydrogen-bond acceptors (Lipinski definition) is 4. The predicted octanol–water partition coefficient (Wildman–Crippen LogP) is -0.189. The van der Waals surface area contributed by atoms with Gasteiger partial charge in [-0.15, -0.1) is 0 Å². The van der Waals surface area contributed by atoms with Crippen LogP contribution in [-0.2, 0) is 0 Å². The maximum atomic E-state index is 10.6. The number of primary amides is 1. The maximum absolute atomic E-state index is 10.6. The molecule has 0 fully saturated rings. The summed E-state index contributed by atoms with van der Waals surface area (Å²) < 4.78 is 0. The van der Waals surface area contributed by atoms with Gasteiger partial charge in [0.2, 0.25) is 0 Å². The van der Waals surface area contributed by atoms with E-state index in [4.69, 9.17) is 23.1 Å². The highest BCUT2D eigenvalue weighted by Crippen LogP contribution is 2.08. The van der Waals surface area contributed by atoms with Crippen LogP contribution in [0.25, 0.3) is 0 Å². The topological polar surface area (TPSA) is 94.9 Å². The Morgan fingerprint density at radius 1 is 1.64 bits per heavy atom. The molecule has 0 aliphatic rings. The van der Waals surface area contributed by atoms with E-state index in [0.717, 1.165) is 0 Å². The number of halogens is 1. The Morgan fingerprint density at radius 2 is 2.27 bits per heavy atom. The van der Waals surface area contributed by atoms with Crippen LogP contribution in [-0.4, -0.2) is 15.9 Å². The molecule has 0 aromatic carbocycles. The van der Waals surface area contributed by atoms with Gasteiger partial charge in [-0.1, -0.05) is 11.6 Å². The van der Waals surface area contributed by atoms with Crippen LogP contribution in [0.3, 0.4) is 0 Å². The van der Waals surface area contributed by atoms with Crippen molar-refractivity contribution >= 4 is 23.3 Å². The van der Waals surface area contributed by atoms with Crippen molar-refractivity contribution in [3.63, 3.8) is 0 Å². The first-order valence-electron chi connectivity index (χ1n) is 2.69. The summed E-state index contributed by atoms with van der Waals surface area (Å²) in [5.41, 5.74) is 10.1. The van der Waals surface area contributed by atoms with E-state index in [0.29, 0.717) is 0 Å². The predicted molar refractivity (Wildman–Crippen MR) is 40.0 cm³/mol. The molecule has 0 spiro atoms. The normalized spacial score (nSPS) is 9.55. The van der Waals surface area contributed by atoms with E-state index in [1.807, 2.05) is 0 Å². The van der Waals surface area contributed by atoms with Crippen LogP contribution >= 0.6 is 11.6 Å². The van der Waals surface area contributed by atoms with E-state index in [1.54, 1.807) is 0 Å². The van der Waals surface area contributed by atoms with Gasteiger partial charge in [-0.3, -0.25) is 4.79 Å². The molecule has 6 heteroatoms. The lowest BCUT2D eigenvalue weighted by atomic mass is 10.4. The number of carbonyl (C=O) groups excluding carboxylic acids is 1. The molecule has 58 valence electrons. The molecule has 4 N–H and O–H groups in total. The number of anilines is 1. The highest BCUT2D eigenvalue weighted by atomic mass is 35.5. The second-order valence-electron chi connectivity index (χ2n) is 1.79. The molecule has 1 heterocycles. The van der Waals surface area contributed by atoms with E-state index in [9.17, 15) is 4.79 Å². The highest BCUT2D eigenvalue weighted by Gasteiger charge is 2.08. The average molecular weight is 173 g/mol. The molecule has 0 aliphatic heterocycles. The highest BCUT2D eigenvalue weighted by molar-refractivity contribution is 6.29. The standard InChI is InChI=1S/C5H5ClN4O/c6-2-1-9-4(7)3(10-2)5(8)11/h1H,(H2,7,9)(H2,8,11). The van der Waals surface area contributed by atoms with Crippen LogP contribution in [0.5, 0.6) is 0 Å². The molecule has 0 unspecified atom stereocenters. The lowest BCUT2D eigenvalue weighted by Crippen LogP contribution is -2.16. The van der Waals surface area contributed by atoms with Gasteiger partial charge in [0.1, 0.15) is 5.15 Å². The maximum Gasteiger partial charge on any atom is 0.271 e. The van der Waals surface area contributed by atoms with E-state index < -0.39 is 5.91 Å². The van der Waals surface area contributed by atoms with Crippen molar-refractivity contribution in [2.24, 2.45) is 5.73 Å². The number of carbonyl (C=O) groups is 1. The van der Waals surface area contributed by atoms with E-state index in [-0.39, 0.29) is 16.7 Å². The van der Waals surface area contributed by atoms with Gasteiger partial charge in [0.05, 0.1) is 6.20 Å². The summed E-state index contributed by atoms with van der Waals surface area (Å²) in [6.07, 6.45) is 1.24. The molecular weight excluding hydrogens is 168 g/mol. The third-order valence-electron chi connectivity index (χ3n) is 1.00. The van der Waals surface area contributed by atoms with E-state index in [1.165, 1.54) is 6.20 Å². The molecule has 0 radical (unpaired) electrons. The molecule has 0 aliphatic carbocycles. The molecule has 1 amide bonds. The van der Waals surface area contributed by atoms with Crippen molar-refractivity contribution in [1.82, 2.24) is 9.97 Å². The Morgan fingerprint density at radius 3 is 2.73 bits per heavy atom. The fourth-order valence-corrected chi connectivity index (χ4v) is 0.692. The van der Waals surface area contributed by atoms with Crippen molar-refractivity contribution < 1.29 is 4.79 Å². The van der Waals surface area contributed by atoms with Crippen molar-refractivity contribution in [1.29, 1.82) is 0 Å². The Labute approximate surface area is 67.4 Å². The number of nitrogens with two attached hydrogens (primary N) is 2. The fraction of sp³-hybridized carbons (Fsp3) is 0. The smallest absolute Gasteiger partial charge is 0.271 e. The van der Waals surface area contributed by atoms with E-state index in [2.05, 4.69) is 9.97 Å². The summed E-state index contributed by atoms with van der Waals surface area (Å²) in [5, 5.41) is 0.0907. The molecule has 11 heavy (non-hydrogen) atoms. The number of aromatic nitrogens is 2. The van der Waals surface area contributed by atoms with Crippen LogP contribution in [0, 0.1) is 0 Å². The second kappa shape index (κ2) is 2.71. The first-order chi connectivity index (χ1) is 5.11. The molecular formula is C5H5ClN4O. The Balaban J connectivity index is 3.23. The van der Waals surface area contributed by atoms with Gasteiger partial charge in [-0.05, 0) is 0 Å². The van der Waals surface area contributed by atoms with Crippen LogP contribution in [0.1, 0.15) is 10.5 Å². The van der Waals surface area contributed by atoms with Gasteiger partial charge in [-0.25, -0.2) is 9.97 Å². The molecule has 0 saturated carbocycles. The summed E-state index contributed by atoms with van der Waals surface area (Å²) in [6.45, 7) is 0. The zero-order valence-electron chi connectivity index (χ0n) is 5.41. The largest absolute Gasteiger partial charge is 0.382 e. The van der Waals surface area contributed by atoms with Crippen LogP contribution in [0.4, 0.5) is 5.82 Å². The van der Waals surface area contributed by atoms with Crippen molar-refractivity contribution in [2.75, 3.05) is 5.73 Å². The average Bonchev–Trinajstić information content (AvgIpc) is 1.94. The molecule has 0 atom stereocenters. The molecule has 5 nitrogen and oxygen atoms in total.